The summed E-state index contributed by atoms with van der Waals surface area (Å²) in [4.78, 5) is 18.9. The van der Waals surface area contributed by atoms with Crippen LogP contribution in [0.3, 0.4) is 0 Å². The van der Waals surface area contributed by atoms with Gasteiger partial charge in [-0.25, -0.2) is 4.98 Å². The summed E-state index contributed by atoms with van der Waals surface area (Å²) in [5, 5.41) is 5.65. The van der Waals surface area contributed by atoms with E-state index >= 15 is 0 Å². The highest BCUT2D eigenvalue weighted by Crippen LogP contribution is 2.25. The molecule has 22 heavy (non-hydrogen) atoms. The number of hydrogen-bond donors (Lipinski definition) is 0. The minimum absolute atomic E-state index is 0.0395. The van der Waals surface area contributed by atoms with Gasteiger partial charge in [0, 0.05) is 31.4 Å². The van der Waals surface area contributed by atoms with Gasteiger partial charge in [-0.2, -0.15) is 0 Å². The number of imidazole rings is 1. The number of carbonyl (C=O) groups excluding carboxylic acids is 1. The Morgan fingerprint density at radius 1 is 1.41 bits per heavy atom. The summed E-state index contributed by atoms with van der Waals surface area (Å²) in [6, 6.07) is 0. The van der Waals surface area contributed by atoms with Crippen LogP contribution in [0.1, 0.15) is 48.4 Å². The number of carbonyl (C=O) groups is 1. The lowest BCUT2D eigenvalue weighted by Crippen LogP contribution is -2.36. The van der Waals surface area contributed by atoms with Crippen LogP contribution in [0.5, 0.6) is 0 Å². The predicted octanol–water partition coefficient (Wildman–Crippen LogP) is 2.49. The molecule has 1 fully saturated rings. The first kappa shape index (κ1) is 15.1. The Kier molecular flexibility index (Phi) is 4.82. The van der Waals surface area contributed by atoms with Gasteiger partial charge in [0.2, 0.25) is 0 Å². The van der Waals surface area contributed by atoms with E-state index in [1.807, 2.05) is 22.7 Å². The smallest absolute Gasteiger partial charge is 0.275 e. The van der Waals surface area contributed by atoms with Crippen LogP contribution in [0.4, 0.5) is 0 Å². The Bertz CT molecular complexity index is 603. The Morgan fingerprint density at radius 2 is 2.23 bits per heavy atom. The molecule has 0 aliphatic heterocycles. The molecule has 2 aromatic heterocycles. The van der Waals surface area contributed by atoms with E-state index in [0.29, 0.717) is 18.2 Å². The molecule has 0 radical (unpaired) electrons. The highest BCUT2D eigenvalue weighted by molar-refractivity contribution is 7.03. The van der Waals surface area contributed by atoms with E-state index in [-0.39, 0.29) is 5.91 Å². The highest BCUT2D eigenvalue weighted by atomic mass is 32.1. The van der Waals surface area contributed by atoms with Crippen molar-refractivity contribution in [3.8, 4) is 0 Å². The minimum Gasteiger partial charge on any atom is -0.337 e. The van der Waals surface area contributed by atoms with Crippen LogP contribution in [-0.2, 0) is 13.6 Å². The minimum atomic E-state index is -0.0395. The number of hydrogen-bond acceptors (Lipinski definition) is 5. The first-order chi connectivity index (χ1) is 10.7. The molecule has 1 aliphatic rings. The third-order valence-corrected chi connectivity index (χ3v) is 4.83. The van der Waals surface area contributed by atoms with E-state index < -0.39 is 0 Å². The standard InChI is InChI=1S/C15H21N5OS/c1-19-8-7-16-14(19)10-20(9-12-5-3-2-4-6-12)15(21)13-11-22-18-17-13/h7-8,11-12H,2-6,9-10H2,1H3. The first-order valence-corrected chi connectivity index (χ1v) is 8.60. The molecule has 3 rings (SSSR count). The zero-order valence-corrected chi connectivity index (χ0v) is 13.6. The van der Waals surface area contributed by atoms with Crippen molar-refractivity contribution in [2.75, 3.05) is 6.54 Å². The summed E-state index contributed by atoms with van der Waals surface area (Å²) >= 11 is 1.21. The summed E-state index contributed by atoms with van der Waals surface area (Å²) in [6.45, 7) is 1.31. The Hall–Kier alpha value is -1.76. The molecule has 0 unspecified atom stereocenters. The molecule has 1 amide bonds. The molecule has 0 saturated heterocycles. The van der Waals surface area contributed by atoms with Crippen LogP contribution in [0.25, 0.3) is 0 Å². The van der Waals surface area contributed by atoms with E-state index in [1.54, 1.807) is 11.6 Å². The quantitative estimate of drug-likeness (QED) is 0.849. The molecule has 0 atom stereocenters. The third-order valence-electron chi connectivity index (χ3n) is 4.32. The second kappa shape index (κ2) is 7.00. The lowest BCUT2D eigenvalue weighted by Gasteiger charge is -2.29. The Labute approximate surface area is 134 Å². The Balaban J connectivity index is 1.75. The van der Waals surface area contributed by atoms with Gasteiger partial charge in [-0.3, -0.25) is 4.79 Å². The molecule has 0 N–H and O–H groups in total. The zero-order chi connectivity index (χ0) is 15.4. The normalized spacial score (nSPS) is 15.9. The fourth-order valence-electron chi connectivity index (χ4n) is 3.04. The van der Waals surface area contributed by atoms with Crippen LogP contribution < -0.4 is 0 Å². The van der Waals surface area contributed by atoms with Crippen LogP contribution in [0.15, 0.2) is 17.8 Å². The number of amides is 1. The van der Waals surface area contributed by atoms with Crippen molar-refractivity contribution in [2.45, 2.75) is 38.6 Å². The van der Waals surface area contributed by atoms with E-state index in [9.17, 15) is 4.79 Å². The van der Waals surface area contributed by atoms with Crippen molar-refractivity contribution >= 4 is 17.4 Å². The van der Waals surface area contributed by atoms with Crippen molar-refractivity contribution in [1.82, 2.24) is 24.0 Å². The molecular formula is C15H21N5OS. The maximum Gasteiger partial charge on any atom is 0.275 e. The third kappa shape index (κ3) is 3.52. The number of aromatic nitrogens is 4. The largest absolute Gasteiger partial charge is 0.337 e. The molecule has 0 aromatic carbocycles. The molecule has 1 aliphatic carbocycles. The van der Waals surface area contributed by atoms with Crippen molar-refractivity contribution in [1.29, 1.82) is 0 Å². The van der Waals surface area contributed by atoms with Crippen LogP contribution in [0, 0.1) is 5.92 Å². The van der Waals surface area contributed by atoms with Crippen molar-refractivity contribution in [3.05, 3.63) is 29.3 Å². The molecule has 1 saturated carbocycles. The van der Waals surface area contributed by atoms with E-state index in [1.165, 1.54) is 43.6 Å². The molecule has 0 bridgehead atoms. The van der Waals surface area contributed by atoms with Crippen LogP contribution in [0.2, 0.25) is 0 Å². The van der Waals surface area contributed by atoms with Crippen molar-refractivity contribution in [2.24, 2.45) is 13.0 Å². The van der Waals surface area contributed by atoms with E-state index in [2.05, 4.69) is 14.6 Å². The summed E-state index contributed by atoms with van der Waals surface area (Å²) < 4.78 is 5.77. The van der Waals surface area contributed by atoms with Crippen LogP contribution in [-0.4, -0.2) is 36.5 Å². The van der Waals surface area contributed by atoms with Gasteiger partial charge in [-0.15, -0.1) is 5.10 Å². The maximum absolute atomic E-state index is 12.7. The van der Waals surface area contributed by atoms with Gasteiger partial charge in [0.15, 0.2) is 5.69 Å². The van der Waals surface area contributed by atoms with E-state index in [4.69, 9.17) is 0 Å². The second-order valence-corrected chi connectivity index (χ2v) is 6.54. The first-order valence-electron chi connectivity index (χ1n) is 7.76. The topological polar surface area (TPSA) is 63.9 Å². The molecule has 2 heterocycles. The highest BCUT2D eigenvalue weighted by Gasteiger charge is 2.24. The van der Waals surface area contributed by atoms with Gasteiger partial charge >= 0.3 is 0 Å². The van der Waals surface area contributed by atoms with Crippen molar-refractivity contribution < 1.29 is 4.79 Å². The summed E-state index contributed by atoms with van der Waals surface area (Å²) in [5.41, 5.74) is 0.440. The van der Waals surface area contributed by atoms with E-state index in [0.717, 1.165) is 12.4 Å². The molecule has 118 valence electrons. The van der Waals surface area contributed by atoms with Gasteiger partial charge in [0.25, 0.3) is 5.91 Å². The Morgan fingerprint density at radius 3 is 2.86 bits per heavy atom. The molecule has 7 heteroatoms. The fourth-order valence-corrected chi connectivity index (χ4v) is 3.47. The molecule has 6 nitrogen and oxygen atoms in total. The van der Waals surface area contributed by atoms with Gasteiger partial charge in [0.05, 0.1) is 6.54 Å². The van der Waals surface area contributed by atoms with Gasteiger partial charge in [-0.1, -0.05) is 23.8 Å². The molecule has 2 aromatic rings. The monoisotopic (exact) mass is 319 g/mol. The SMILES string of the molecule is Cn1ccnc1CN(CC1CCCCC1)C(=O)c1csnn1. The number of aryl methyl sites for hydroxylation is 1. The van der Waals surface area contributed by atoms with Gasteiger partial charge < -0.3 is 9.47 Å². The zero-order valence-electron chi connectivity index (χ0n) is 12.8. The summed E-state index contributed by atoms with van der Waals surface area (Å²) in [6.07, 6.45) is 9.95. The predicted molar refractivity (Wildman–Crippen MR) is 84.4 cm³/mol. The molecule has 0 spiro atoms. The van der Waals surface area contributed by atoms with Crippen LogP contribution >= 0.6 is 11.5 Å². The lowest BCUT2D eigenvalue weighted by molar-refractivity contribution is 0.0686. The summed E-state index contributed by atoms with van der Waals surface area (Å²) in [5.74, 6) is 1.44. The summed E-state index contributed by atoms with van der Waals surface area (Å²) in [7, 11) is 1.95. The number of nitrogens with zero attached hydrogens (tertiary/aromatic N) is 5. The fraction of sp³-hybridized carbons (Fsp3) is 0.600. The number of rotatable bonds is 5. The second-order valence-electron chi connectivity index (χ2n) is 5.93. The average Bonchev–Trinajstić information content (AvgIpc) is 3.19. The van der Waals surface area contributed by atoms with Gasteiger partial charge in [0.1, 0.15) is 5.82 Å². The van der Waals surface area contributed by atoms with Gasteiger partial charge in [-0.05, 0) is 30.3 Å². The molecular weight excluding hydrogens is 298 g/mol. The maximum atomic E-state index is 12.7. The lowest BCUT2D eigenvalue weighted by atomic mass is 9.89. The average molecular weight is 319 g/mol. The van der Waals surface area contributed by atoms with Crippen molar-refractivity contribution in [3.63, 3.8) is 0 Å².